The molecule has 0 aromatic carbocycles. The van der Waals surface area contributed by atoms with Crippen LogP contribution in [0.25, 0.3) is 0 Å². The van der Waals surface area contributed by atoms with E-state index in [1.54, 1.807) is 0 Å². The number of esters is 2. The molecule has 1 unspecified atom stereocenters. The third-order valence-electron chi connectivity index (χ3n) is 11.0. The standard InChI is InChI=1S/C61H100O5/c1-4-7-10-13-16-19-22-25-28-30-31-32-34-36-39-42-45-48-51-54-60(62)65-58-59(57-64-56-53-50-47-44-41-38-35-29-26-23-20-17-14-11-8-5-2)66-61(63)55-52-49-46-43-40-37-33-27-24-21-18-15-12-9-6-3/h7,9-10,12,16,18-19,21,25,27-28,31-33,36,39-40,43,49,52,59H,4-6,8,11,13-15,17,20,22-24,26,29-30,34-35,37-38,41-42,44-48,50-51,53-58H2,1-3H3/b10-7-,12-9-,19-16-,21-18-,28-25-,32-31-,33-27-,39-36-,43-40-,52-49-. The Bertz CT molecular complexity index is 1350. The highest BCUT2D eigenvalue weighted by Gasteiger charge is 2.17. The van der Waals surface area contributed by atoms with E-state index < -0.39 is 6.10 Å². The zero-order chi connectivity index (χ0) is 47.7. The van der Waals surface area contributed by atoms with Gasteiger partial charge in [-0.2, -0.15) is 0 Å². The van der Waals surface area contributed by atoms with Crippen molar-refractivity contribution in [3.8, 4) is 0 Å². The van der Waals surface area contributed by atoms with Gasteiger partial charge in [-0.1, -0.05) is 245 Å². The SMILES string of the molecule is CC/C=C\C/C=C\C/C=C\C/C=C\C/C=C\CCCCCC(=O)OCC(COCCCCCCCCCCCCCCCCCC)OC(=O)C/C=C\C/C=C\C/C=C\C/C=C\C/C=C\CC. The van der Waals surface area contributed by atoms with Crippen LogP contribution in [0.15, 0.2) is 122 Å². The summed E-state index contributed by atoms with van der Waals surface area (Å²) < 4.78 is 17.3. The molecule has 0 aliphatic carbocycles. The second-order valence-corrected chi connectivity index (χ2v) is 17.4. The highest BCUT2D eigenvalue weighted by atomic mass is 16.6. The van der Waals surface area contributed by atoms with Crippen molar-refractivity contribution in [3.05, 3.63) is 122 Å². The van der Waals surface area contributed by atoms with Crippen molar-refractivity contribution in [2.24, 2.45) is 0 Å². The molecule has 0 saturated heterocycles. The fraction of sp³-hybridized carbons (Fsp3) is 0.639. The third-order valence-corrected chi connectivity index (χ3v) is 11.0. The predicted molar refractivity (Wildman–Crippen MR) is 288 cm³/mol. The van der Waals surface area contributed by atoms with Crippen molar-refractivity contribution in [2.75, 3.05) is 19.8 Å². The van der Waals surface area contributed by atoms with Crippen LogP contribution in [-0.4, -0.2) is 37.9 Å². The fourth-order valence-electron chi connectivity index (χ4n) is 7.08. The zero-order valence-electron chi connectivity index (χ0n) is 42.9. The van der Waals surface area contributed by atoms with E-state index in [4.69, 9.17) is 14.2 Å². The van der Waals surface area contributed by atoms with Crippen LogP contribution < -0.4 is 0 Å². The number of allylic oxidation sites excluding steroid dienone is 19. The first-order valence-corrected chi connectivity index (χ1v) is 27.1. The molecule has 0 saturated carbocycles. The van der Waals surface area contributed by atoms with Gasteiger partial charge in [-0.05, 0) is 89.9 Å². The third kappa shape index (κ3) is 52.9. The van der Waals surface area contributed by atoms with Gasteiger partial charge in [0.25, 0.3) is 0 Å². The molecule has 0 heterocycles. The minimum Gasteiger partial charge on any atom is -0.462 e. The van der Waals surface area contributed by atoms with Gasteiger partial charge in [0.2, 0.25) is 0 Å². The molecule has 0 bridgehead atoms. The second kappa shape index (κ2) is 55.6. The lowest BCUT2D eigenvalue weighted by Gasteiger charge is -2.18. The number of carbonyl (C=O) groups excluding carboxylic acids is 2. The van der Waals surface area contributed by atoms with Crippen molar-refractivity contribution >= 4 is 11.9 Å². The normalized spacial score (nSPS) is 13.2. The highest BCUT2D eigenvalue weighted by Crippen LogP contribution is 2.14. The molecule has 374 valence electrons. The van der Waals surface area contributed by atoms with Gasteiger partial charge in [-0.25, -0.2) is 0 Å². The molecule has 0 amide bonds. The highest BCUT2D eigenvalue weighted by molar-refractivity contribution is 5.71. The lowest BCUT2D eigenvalue weighted by Crippen LogP contribution is -2.29. The van der Waals surface area contributed by atoms with Crippen molar-refractivity contribution in [3.63, 3.8) is 0 Å². The average Bonchev–Trinajstić information content (AvgIpc) is 3.32. The lowest BCUT2D eigenvalue weighted by molar-refractivity contribution is -0.162. The number of unbranched alkanes of at least 4 members (excludes halogenated alkanes) is 18. The lowest BCUT2D eigenvalue weighted by atomic mass is 10.0. The van der Waals surface area contributed by atoms with Crippen LogP contribution in [0.2, 0.25) is 0 Å². The van der Waals surface area contributed by atoms with Gasteiger partial charge < -0.3 is 14.2 Å². The van der Waals surface area contributed by atoms with Gasteiger partial charge in [-0.15, -0.1) is 0 Å². The van der Waals surface area contributed by atoms with E-state index in [-0.39, 0.29) is 31.6 Å². The fourth-order valence-corrected chi connectivity index (χ4v) is 7.08. The molecular formula is C61H100O5. The molecule has 66 heavy (non-hydrogen) atoms. The van der Waals surface area contributed by atoms with Gasteiger partial charge in [0.05, 0.1) is 13.0 Å². The van der Waals surface area contributed by atoms with Crippen LogP contribution in [0.5, 0.6) is 0 Å². The van der Waals surface area contributed by atoms with Crippen molar-refractivity contribution in [2.45, 2.75) is 232 Å². The van der Waals surface area contributed by atoms with Gasteiger partial charge in [0.15, 0.2) is 6.10 Å². The van der Waals surface area contributed by atoms with Crippen molar-refractivity contribution < 1.29 is 23.8 Å². The summed E-state index contributed by atoms with van der Waals surface area (Å²) in [5.74, 6) is -0.583. The maximum atomic E-state index is 12.8. The van der Waals surface area contributed by atoms with Crippen LogP contribution in [0.1, 0.15) is 226 Å². The summed E-state index contributed by atoms with van der Waals surface area (Å²) in [5, 5.41) is 0. The van der Waals surface area contributed by atoms with E-state index in [0.29, 0.717) is 13.0 Å². The summed E-state index contributed by atoms with van der Waals surface area (Å²) in [6, 6.07) is 0. The molecule has 0 rings (SSSR count). The van der Waals surface area contributed by atoms with Crippen molar-refractivity contribution in [1.82, 2.24) is 0 Å². The van der Waals surface area contributed by atoms with Gasteiger partial charge in [0, 0.05) is 13.0 Å². The van der Waals surface area contributed by atoms with E-state index >= 15 is 0 Å². The maximum Gasteiger partial charge on any atom is 0.310 e. The molecular weight excluding hydrogens is 813 g/mol. The van der Waals surface area contributed by atoms with E-state index in [0.717, 1.165) is 103 Å². The molecule has 0 fully saturated rings. The maximum absolute atomic E-state index is 12.8. The number of carbonyl (C=O) groups is 2. The molecule has 0 aliphatic heterocycles. The molecule has 0 radical (unpaired) electrons. The molecule has 0 aliphatic rings. The molecule has 0 aromatic rings. The Morgan fingerprint density at radius 2 is 0.727 bits per heavy atom. The topological polar surface area (TPSA) is 61.8 Å². The van der Waals surface area contributed by atoms with Gasteiger partial charge in [-0.3, -0.25) is 9.59 Å². The van der Waals surface area contributed by atoms with Crippen LogP contribution in [-0.2, 0) is 23.8 Å². The molecule has 5 nitrogen and oxygen atoms in total. The minimum absolute atomic E-state index is 0.0231. The van der Waals surface area contributed by atoms with Gasteiger partial charge in [0.1, 0.15) is 6.61 Å². The summed E-state index contributed by atoms with van der Waals surface area (Å²) >= 11 is 0. The average molecular weight is 913 g/mol. The van der Waals surface area contributed by atoms with Crippen LogP contribution >= 0.6 is 0 Å². The Balaban J connectivity index is 4.45. The Morgan fingerprint density at radius 3 is 1.15 bits per heavy atom. The predicted octanol–water partition coefficient (Wildman–Crippen LogP) is 18.6. The Hall–Kier alpha value is -3.70. The molecule has 5 heteroatoms. The summed E-state index contributed by atoms with van der Waals surface area (Å²) in [6.45, 7) is 7.46. The Morgan fingerprint density at radius 1 is 0.364 bits per heavy atom. The summed E-state index contributed by atoms with van der Waals surface area (Å²) in [6.07, 6.45) is 78.1. The largest absolute Gasteiger partial charge is 0.462 e. The second-order valence-electron chi connectivity index (χ2n) is 17.4. The van der Waals surface area contributed by atoms with E-state index in [1.807, 2.05) is 12.2 Å². The van der Waals surface area contributed by atoms with Crippen LogP contribution in [0.3, 0.4) is 0 Å². The van der Waals surface area contributed by atoms with Crippen molar-refractivity contribution in [1.29, 1.82) is 0 Å². The van der Waals surface area contributed by atoms with Crippen LogP contribution in [0, 0.1) is 0 Å². The van der Waals surface area contributed by atoms with Gasteiger partial charge >= 0.3 is 11.9 Å². The zero-order valence-corrected chi connectivity index (χ0v) is 42.9. The number of hydrogen-bond donors (Lipinski definition) is 0. The number of rotatable bonds is 48. The smallest absolute Gasteiger partial charge is 0.310 e. The first-order chi connectivity index (χ1) is 32.6. The molecule has 1 atom stereocenters. The summed E-state index contributed by atoms with van der Waals surface area (Å²) in [5.41, 5.74) is 0. The number of ether oxygens (including phenoxy) is 3. The summed E-state index contributed by atoms with van der Waals surface area (Å²) in [4.78, 5) is 25.4. The monoisotopic (exact) mass is 913 g/mol. The molecule has 0 N–H and O–H groups in total. The van der Waals surface area contributed by atoms with Crippen LogP contribution in [0.4, 0.5) is 0 Å². The molecule has 0 spiro atoms. The van der Waals surface area contributed by atoms with E-state index in [1.165, 1.54) is 89.9 Å². The van der Waals surface area contributed by atoms with E-state index in [9.17, 15) is 9.59 Å². The Kier molecular flexibility index (Phi) is 52.5. The number of hydrogen-bond acceptors (Lipinski definition) is 5. The summed E-state index contributed by atoms with van der Waals surface area (Å²) in [7, 11) is 0. The molecule has 0 aromatic heterocycles. The quantitative estimate of drug-likeness (QED) is 0.0346. The minimum atomic E-state index is -0.611. The first-order valence-electron chi connectivity index (χ1n) is 27.1. The van der Waals surface area contributed by atoms with E-state index in [2.05, 4.69) is 130 Å². The first kappa shape index (κ1) is 62.3. The Labute approximate surface area is 407 Å².